The summed E-state index contributed by atoms with van der Waals surface area (Å²) in [6.07, 6.45) is 6.83. The van der Waals surface area contributed by atoms with Crippen LogP contribution in [0.4, 0.5) is 0 Å². The maximum Gasteiger partial charge on any atom is 0.164 e. The molecule has 57 heavy (non-hydrogen) atoms. The predicted octanol–water partition coefficient (Wildman–Crippen LogP) is 13.8. The fourth-order valence-electron chi connectivity index (χ4n) is 12.2. The third kappa shape index (κ3) is 4.62. The molecule has 4 fully saturated rings. The van der Waals surface area contributed by atoms with E-state index in [4.69, 9.17) is 15.0 Å². The molecule has 0 amide bonds. The summed E-state index contributed by atoms with van der Waals surface area (Å²) >= 11 is 1.87. The molecule has 9 aromatic rings. The first-order valence-corrected chi connectivity index (χ1v) is 21.5. The molecule has 2 heterocycles. The average Bonchev–Trinajstić information content (AvgIpc) is 3.79. The Morgan fingerprint density at radius 3 is 1.81 bits per heavy atom. The van der Waals surface area contributed by atoms with Gasteiger partial charge in [0, 0.05) is 42.3 Å². The fourth-order valence-corrected chi connectivity index (χ4v) is 13.5. The molecule has 272 valence electrons. The van der Waals surface area contributed by atoms with E-state index in [0.717, 1.165) is 34.4 Å². The predicted molar refractivity (Wildman–Crippen MR) is 235 cm³/mol. The van der Waals surface area contributed by atoms with E-state index >= 15 is 0 Å². The quantitative estimate of drug-likeness (QED) is 0.180. The molecule has 0 saturated heterocycles. The molecule has 0 radical (unpaired) electrons. The van der Waals surface area contributed by atoms with Gasteiger partial charge in [0.15, 0.2) is 17.5 Å². The van der Waals surface area contributed by atoms with Gasteiger partial charge in [-0.2, -0.15) is 0 Å². The monoisotopic (exact) mass is 749 g/mol. The molecule has 4 saturated carbocycles. The summed E-state index contributed by atoms with van der Waals surface area (Å²) in [5, 5.41) is 5.44. The van der Waals surface area contributed by atoms with Crippen molar-refractivity contribution < 1.29 is 0 Å². The van der Waals surface area contributed by atoms with E-state index in [2.05, 4.69) is 152 Å². The van der Waals surface area contributed by atoms with Crippen molar-refractivity contribution in [2.24, 2.45) is 23.7 Å². The van der Waals surface area contributed by atoms with Gasteiger partial charge < -0.3 is 0 Å². The Labute approximate surface area is 336 Å². The van der Waals surface area contributed by atoms with Crippen LogP contribution in [0.2, 0.25) is 0 Å². The highest BCUT2D eigenvalue weighted by atomic mass is 32.1. The molecule has 7 aromatic carbocycles. The number of nitrogens with zero attached hydrogens (tertiary/aromatic N) is 3. The van der Waals surface area contributed by atoms with Crippen molar-refractivity contribution in [3.05, 3.63) is 163 Å². The minimum Gasteiger partial charge on any atom is -0.208 e. The Bertz CT molecular complexity index is 3060. The van der Waals surface area contributed by atoms with Gasteiger partial charge in [0.05, 0.1) is 0 Å². The highest BCUT2D eigenvalue weighted by molar-refractivity contribution is 7.26. The van der Waals surface area contributed by atoms with Crippen LogP contribution in [-0.4, -0.2) is 15.0 Å². The van der Waals surface area contributed by atoms with Crippen LogP contribution in [-0.2, 0) is 5.41 Å². The first kappa shape index (κ1) is 32.2. The number of aromatic nitrogens is 3. The lowest BCUT2D eigenvalue weighted by Crippen LogP contribution is -2.55. The lowest BCUT2D eigenvalue weighted by molar-refractivity contribution is -0.0393. The second-order valence-corrected chi connectivity index (χ2v) is 18.2. The second kappa shape index (κ2) is 12.0. The van der Waals surface area contributed by atoms with Gasteiger partial charge in [-0.15, -0.1) is 11.3 Å². The van der Waals surface area contributed by atoms with E-state index in [-0.39, 0.29) is 5.41 Å². The van der Waals surface area contributed by atoms with E-state index < -0.39 is 0 Å². The standard InChI is InChI=1S/C53H39N3S/c1-2-10-35(11-3-1)50-54-51(36-19-17-34(18-20-36)41-14-8-15-45-43-13-6-7-16-47(43)57-49(41)45)56-52(55-50)37-22-23-42-44-24-21-33-9-4-5-12-40(33)48(44)53(46(42)30-37)38-26-31-25-32(28-38)29-39(53)27-31/h1-24,30-32,38-39H,25-29H2. The van der Waals surface area contributed by atoms with Crippen molar-refractivity contribution in [3.8, 4) is 56.4 Å². The number of hydrogen-bond donors (Lipinski definition) is 0. The van der Waals surface area contributed by atoms with Crippen molar-refractivity contribution in [2.45, 2.75) is 37.5 Å². The van der Waals surface area contributed by atoms with Gasteiger partial charge in [0.1, 0.15) is 0 Å². The molecule has 0 unspecified atom stereocenters. The normalized spacial score (nSPS) is 22.8. The summed E-state index contributed by atoms with van der Waals surface area (Å²) in [5.74, 6) is 5.24. The maximum absolute atomic E-state index is 5.31. The molecule has 1 spiro atoms. The minimum atomic E-state index is 0.0280. The highest BCUT2D eigenvalue weighted by Crippen LogP contribution is 2.70. The Balaban J connectivity index is 0.964. The van der Waals surface area contributed by atoms with Crippen LogP contribution in [0.15, 0.2) is 152 Å². The molecule has 0 aliphatic heterocycles. The molecular weight excluding hydrogens is 711 g/mol. The molecule has 4 bridgehead atoms. The van der Waals surface area contributed by atoms with Gasteiger partial charge >= 0.3 is 0 Å². The molecule has 2 aromatic heterocycles. The average molecular weight is 750 g/mol. The number of benzene rings is 7. The molecular formula is C53H39N3S. The lowest BCUT2D eigenvalue weighted by atomic mass is 9.43. The second-order valence-electron chi connectivity index (χ2n) is 17.2. The first-order chi connectivity index (χ1) is 28.2. The zero-order valence-electron chi connectivity index (χ0n) is 31.5. The zero-order valence-corrected chi connectivity index (χ0v) is 32.3. The number of thiophene rings is 1. The maximum atomic E-state index is 5.31. The SMILES string of the molecule is c1ccc(-c2nc(-c3ccc(-c4cccc5c4sc4ccccc45)cc3)nc(-c3ccc4c(c3)C3(c5c-4ccc4ccccc54)C4CC5CC(C4)CC3C5)n2)cc1. The molecule has 0 N–H and O–H groups in total. The van der Waals surface area contributed by atoms with Gasteiger partial charge in [-0.05, 0) is 112 Å². The van der Waals surface area contributed by atoms with Crippen molar-refractivity contribution in [3.63, 3.8) is 0 Å². The van der Waals surface area contributed by atoms with E-state index in [0.29, 0.717) is 23.5 Å². The van der Waals surface area contributed by atoms with Crippen LogP contribution in [0.25, 0.3) is 87.4 Å². The van der Waals surface area contributed by atoms with E-state index in [1.54, 1.807) is 5.56 Å². The van der Waals surface area contributed by atoms with E-state index in [1.165, 1.54) is 90.9 Å². The van der Waals surface area contributed by atoms with Crippen LogP contribution in [0, 0.1) is 23.7 Å². The number of rotatable bonds is 4. The van der Waals surface area contributed by atoms with E-state index in [9.17, 15) is 0 Å². The van der Waals surface area contributed by atoms with Gasteiger partial charge in [0.25, 0.3) is 0 Å². The van der Waals surface area contributed by atoms with Gasteiger partial charge in [-0.25, -0.2) is 15.0 Å². The summed E-state index contributed by atoms with van der Waals surface area (Å²) in [7, 11) is 0. The van der Waals surface area contributed by atoms with Gasteiger partial charge in [-0.3, -0.25) is 0 Å². The number of hydrogen-bond acceptors (Lipinski definition) is 4. The van der Waals surface area contributed by atoms with Crippen LogP contribution in [0.1, 0.15) is 43.2 Å². The van der Waals surface area contributed by atoms with Crippen LogP contribution < -0.4 is 0 Å². The van der Waals surface area contributed by atoms with E-state index in [1.807, 2.05) is 11.3 Å². The molecule has 5 aliphatic rings. The first-order valence-electron chi connectivity index (χ1n) is 20.7. The molecule has 14 rings (SSSR count). The fraction of sp³-hybridized carbons (Fsp3) is 0.189. The number of fused-ring (bicyclic) bond motifs is 8. The lowest BCUT2D eigenvalue weighted by Gasteiger charge is -2.61. The third-order valence-corrected chi connectivity index (χ3v) is 15.5. The summed E-state index contributed by atoms with van der Waals surface area (Å²) in [5.41, 5.74) is 11.5. The summed E-state index contributed by atoms with van der Waals surface area (Å²) in [6.45, 7) is 0. The Morgan fingerprint density at radius 1 is 0.439 bits per heavy atom. The highest BCUT2D eigenvalue weighted by Gasteiger charge is 2.62. The molecule has 3 nitrogen and oxygen atoms in total. The Kier molecular flexibility index (Phi) is 6.78. The summed E-state index contributed by atoms with van der Waals surface area (Å²) in [4.78, 5) is 15.7. The van der Waals surface area contributed by atoms with Gasteiger partial charge in [-0.1, -0.05) is 140 Å². The summed E-state index contributed by atoms with van der Waals surface area (Å²) < 4.78 is 2.64. The molecule has 4 heteroatoms. The third-order valence-electron chi connectivity index (χ3n) is 14.3. The molecule has 5 aliphatic carbocycles. The smallest absolute Gasteiger partial charge is 0.164 e. The van der Waals surface area contributed by atoms with Crippen molar-refractivity contribution in [1.82, 2.24) is 15.0 Å². The minimum absolute atomic E-state index is 0.0280. The van der Waals surface area contributed by atoms with Crippen molar-refractivity contribution in [1.29, 1.82) is 0 Å². The van der Waals surface area contributed by atoms with Crippen LogP contribution in [0.5, 0.6) is 0 Å². The Hall–Kier alpha value is -5.97. The largest absolute Gasteiger partial charge is 0.208 e. The zero-order chi connectivity index (χ0) is 37.2. The van der Waals surface area contributed by atoms with Crippen molar-refractivity contribution in [2.75, 3.05) is 0 Å². The summed E-state index contributed by atoms with van der Waals surface area (Å²) in [6, 6.07) is 55.7. The van der Waals surface area contributed by atoms with Gasteiger partial charge in [0.2, 0.25) is 0 Å². The topological polar surface area (TPSA) is 38.7 Å². The molecule has 0 atom stereocenters. The van der Waals surface area contributed by atoms with Crippen molar-refractivity contribution >= 4 is 42.3 Å². The Morgan fingerprint density at radius 2 is 1.04 bits per heavy atom. The van der Waals surface area contributed by atoms with Crippen LogP contribution in [0.3, 0.4) is 0 Å². The van der Waals surface area contributed by atoms with Crippen LogP contribution >= 0.6 is 11.3 Å².